The Bertz CT molecular complexity index is 1680. The highest BCUT2D eigenvalue weighted by molar-refractivity contribution is 5.96. The Morgan fingerprint density at radius 2 is 1.91 bits per heavy atom. The fourth-order valence-corrected chi connectivity index (χ4v) is 3.85. The topological polar surface area (TPSA) is 138 Å². The second-order valence-corrected chi connectivity index (χ2v) is 8.45. The first-order chi connectivity index (χ1) is 17.1. The lowest BCUT2D eigenvalue weighted by Gasteiger charge is -2.09. The molecule has 0 saturated heterocycles. The van der Waals surface area contributed by atoms with Gasteiger partial charge >= 0.3 is 0 Å². The number of anilines is 1. The molecule has 35 heavy (non-hydrogen) atoms. The number of fused-ring (bicyclic) bond motifs is 2. The van der Waals surface area contributed by atoms with Crippen molar-refractivity contribution in [3.63, 3.8) is 0 Å². The number of nitrogens with zero attached hydrogens (tertiary/aromatic N) is 5. The van der Waals surface area contributed by atoms with E-state index >= 15 is 0 Å². The molecule has 6 rings (SSSR count). The monoisotopic (exact) mass is 464 g/mol. The van der Waals surface area contributed by atoms with E-state index in [1.54, 1.807) is 37.3 Å². The van der Waals surface area contributed by atoms with Crippen LogP contribution in [0.4, 0.5) is 5.69 Å². The lowest BCUT2D eigenvalue weighted by molar-refractivity contribution is -0.118. The van der Waals surface area contributed by atoms with Gasteiger partial charge in [0.2, 0.25) is 5.91 Å². The first kappa shape index (κ1) is 20.7. The van der Waals surface area contributed by atoms with Crippen LogP contribution in [-0.2, 0) is 4.79 Å². The molecule has 6 heterocycles. The van der Waals surface area contributed by atoms with E-state index < -0.39 is 0 Å². The van der Waals surface area contributed by atoms with Crippen LogP contribution >= 0.6 is 0 Å². The third-order valence-electron chi connectivity index (χ3n) is 5.70. The first-order valence-corrected chi connectivity index (χ1v) is 11.0. The SMILES string of the molecule is CC(C)C(=O)Nc1cncc(-c2cnc3[nH]nc(-c4nc5c(-c6ccoc6)nccc5[nH]4)c3c2)c1. The number of hydrogen-bond acceptors (Lipinski definition) is 7. The zero-order valence-corrected chi connectivity index (χ0v) is 18.9. The number of nitrogens with one attached hydrogen (secondary N) is 3. The molecular formula is C25H20N8O2. The maximum absolute atomic E-state index is 12.1. The highest BCUT2D eigenvalue weighted by atomic mass is 16.3. The molecule has 6 aromatic rings. The standard InChI is InChI=1S/C25H20N8O2/c1-13(2)25(34)29-17-7-15(9-26-11-17)16-8-18-21(32-33-23(18)28-10-16)24-30-19-3-5-27-20(22(19)31-24)14-4-6-35-12-14/h3-13H,1-2H3,(H,29,34)(H,30,31)(H,28,32,33). The number of carbonyl (C=O) groups excluding carboxylic acids is 1. The quantitative estimate of drug-likeness (QED) is 0.333. The Morgan fingerprint density at radius 3 is 2.74 bits per heavy atom. The molecule has 172 valence electrons. The summed E-state index contributed by atoms with van der Waals surface area (Å²) in [6.07, 6.45) is 10.1. The fraction of sp³-hybridized carbons (Fsp3) is 0.120. The molecule has 10 nitrogen and oxygen atoms in total. The fourth-order valence-electron chi connectivity index (χ4n) is 3.85. The number of carbonyl (C=O) groups is 1. The van der Waals surface area contributed by atoms with Crippen LogP contribution in [0.3, 0.4) is 0 Å². The van der Waals surface area contributed by atoms with Crippen LogP contribution in [-0.4, -0.2) is 41.0 Å². The number of H-pyrrole nitrogens is 2. The highest BCUT2D eigenvalue weighted by Crippen LogP contribution is 2.32. The molecule has 0 unspecified atom stereocenters. The van der Waals surface area contributed by atoms with Gasteiger partial charge in [-0.05, 0) is 24.3 Å². The number of aromatic nitrogens is 7. The van der Waals surface area contributed by atoms with E-state index in [1.165, 1.54) is 0 Å². The van der Waals surface area contributed by atoms with Crippen LogP contribution in [0.2, 0.25) is 0 Å². The summed E-state index contributed by atoms with van der Waals surface area (Å²) < 4.78 is 5.22. The smallest absolute Gasteiger partial charge is 0.226 e. The van der Waals surface area contributed by atoms with E-state index in [0.29, 0.717) is 22.9 Å². The molecule has 0 aliphatic rings. The molecule has 0 aliphatic carbocycles. The molecule has 3 N–H and O–H groups in total. The van der Waals surface area contributed by atoms with Crippen molar-refractivity contribution in [3.8, 4) is 33.9 Å². The summed E-state index contributed by atoms with van der Waals surface area (Å²) in [6, 6.07) is 7.58. The normalized spacial score (nSPS) is 11.5. The Labute approximate surface area is 198 Å². The third-order valence-corrected chi connectivity index (χ3v) is 5.70. The van der Waals surface area contributed by atoms with E-state index in [-0.39, 0.29) is 11.8 Å². The average Bonchev–Trinajstić information content (AvgIpc) is 3.62. The molecule has 0 bridgehead atoms. The maximum atomic E-state index is 12.1. The van der Waals surface area contributed by atoms with Crippen LogP contribution < -0.4 is 5.32 Å². The van der Waals surface area contributed by atoms with Crippen molar-refractivity contribution in [2.75, 3.05) is 5.32 Å². The van der Waals surface area contributed by atoms with Gasteiger partial charge in [0.25, 0.3) is 0 Å². The molecule has 0 radical (unpaired) electrons. The van der Waals surface area contributed by atoms with Crippen molar-refractivity contribution in [1.29, 1.82) is 0 Å². The van der Waals surface area contributed by atoms with Gasteiger partial charge in [0.05, 0.1) is 35.3 Å². The molecule has 0 fully saturated rings. The molecular weight excluding hydrogens is 444 g/mol. The molecule has 0 aliphatic heterocycles. The largest absolute Gasteiger partial charge is 0.472 e. The van der Waals surface area contributed by atoms with Crippen LogP contribution in [0.1, 0.15) is 13.8 Å². The summed E-state index contributed by atoms with van der Waals surface area (Å²) in [7, 11) is 0. The summed E-state index contributed by atoms with van der Waals surface area (Å²) in [4.78, 5) is 33.5. The lowest BCUT2D eigenvalue weighted by atomic mass is 10.1. The van der Waals surface area contributed by atoms with Gasteiger partial charge in [0.1, 0.15) is 16.9 Å². The van der Waals surface area contributed by atoms with E-state index in [1.807, 2.05) is 38.1 Å². The van der Waals surface area contributed by atoms with Gasteiger partial charge in [-0.15, -0.1) is 0 Å². The maximum Gasteiger partial charge on any atom is 0.226 e. The van der Waals surface area contributed by atoms with Crippen molar-refractivity contribution in [3.05, 3.63) is 61.6 Å². The Balaban J connectivity index is 1.41. The Morgan fingerprint density at radius 1 is 1.03 bits per heavy atom. The summed E-state index contributed by atoms with van der Waals surface area (Å²) >= 11 is 0. The molecule has 0 saturated carbocycles. The molecule has 0 spiro atoms. The van der Waals surface area contributed by atoms with Crippen LogP contribution in [0.25, 0.3) is 56.0 Å². The van der Waals surface area contributed by atoms with E-state index in [4.69, 9.17) is 9.40 Å². The number of pyridine rings is 3. The Hall–Kier alpha value is -4.86. The van der Waals surface area contributed by atoms with Crippen molar-refractivity contribution >= 4 is 33.7 Å². The summed E-state index contributed by atoms with van der Waals surface area (Å²) in [5, 5.41) is 11.1. The molecule has 10 heteroatoms. The zero-order valence-electron chi connectivity index (χ0n) is 18.9. The van der Waals surface area contributed by atoms with Crippen molar-refractivity contribution in [2.45, 2.75) is 13.8 Å². The van der Waals surface area contributed by atoms with Gasteiger partial charge < -0.3 is 14.7 Å². The van der Waals surface area contributed by atoms with Crippen molar-refractivity contribution < 1.29 is 9.21 Å². The molecule has 1 amide bonds. The zero-order chi connectivity index (χ0) is 23.9. The average molecular weight is 464 g/mol. The van der Waals surface area contributed by atoms with Crippen molar-refractivity contribution in [1.82, 2.24) is 35.1 Å². The van der Waals surface area contributed by atoms with Gasteiger partial charge in [-0.25, -0.2) is 9.97 Å². The number of imidazole rings is 1. The Kier molecular flexibility index (Phi) is 4.84. The summed E-state index contributed by atoms with van der Waals surface area (Å²) in [5.74, 6) is 0.404. The van der Waals surface area contributed by atoms with Crippen LogP contribution in [0.5, 0.6) is 0 Å². The van der Waals surface area contributed by atoms with Crippen LogP contribution in [0.15, 0.2) is 66.0 Å². The second kappa shape index (κ2) is 8.17. The molecule has 0 aromatic carbocycles. The number of furan rings is 1. The predicted molar refractivity (Wildman–Crippen MR) is 131 cm³/mol. The number of aromatic amines is 2. The second-order valence-electron chi connectivity index (χ2n) is 8.45. The number of hydrogen-bond donors (Lipinski definition) is 3. The van der Waals surface area contributed by atoms with Crippen molar-refractivity contribution in [2.24, 2.45) is 5.92 Å². The van der Waals surface area contributed by atoms with E-state index in [2.05, 4.69) is 35.5 Å². The van der Waals surface area contributed by atoms with Gasteiger partial charge in [-0.3, -0.25) is 19.9 Å². The molecule has 0 atom stereocenters. The third kappa shape index (κ3) is 3.70. The van der Waals surface area contributed by atoms with Gasteiger partial charge in [-0.2, -0.15) is 5.10 Å². The summed E-state index contributed by atoms with van der Waals surface area (Å²) in [5.41, 5.74) is 6.70. The minimum atomic E-state index is -0.127. The van der Waals surface area contributed by atoms with E-state index in [9.17, 15) is 4.79 Å². The summed E-state index contributed by atoms with van der Waals surface area (Å²) in [6.45, 7) is 3.69. The minimum absolute atomic E-state index is 0.0659. The van der Waals surface area contributed by atoms with Gasteiger partial charge in [0.15, 0.2) is 11.5 Å². The van der Waals surface area contributed by atoms with Gasteiger partial charge in [0, 0.05) is 41.2 Å². The molecule has 6 aromatic heterocycles. The van der Waals surface area contributed by atoms with Gasteiger partial charge in [-0.1, -0.05) is 13.8 Å². The minimum Gasteiger partial charge on any atom is -0.472 e. The lowest BCUT2D eigenvalue weighted by Crippen LogP contribution is -2.17. The predicted octanol–water partition coefficient (Wildman–Crippen LogP) is 4.81. The number of rotatable bonds is 5. The van der Waals surface area contributed by atoms with Crippen LogP contribution in [0, 0.1) is 5.92 Å². The highest BCUT2D eigenvalue weighted by Gasteiger charge is 2.17. The first-order valence-electron chi connectivity index (χ1n) is 11.0. The number of amides is 1. The van der Waals surface area contributed by atoms with E-state index in [0.717, 1.165) is 38.8 Å².